The highest BCUT2D eigenvalue weighted by molar-refractivity contribution is 5.94. The molecule has 1 aliphatic heterocycles. The Hall–Kier alpha value is -3.34. The summed E-state index contributed by atoms with van der Waals surface area (Å²) in [6, 6.07) is 15.9. The fourth-order valence-electron chi connectivity index (χ4n) is 4.17. The third-order valence-electron chi connectivity index (χ3n) is 5.72. The van der Waals surface area contributed by atoms with Crippen molar-refractivity contribution in [3.63, 3.8) is 0 Å². The summed E-state index contributed by atoms with van der Waals surface area (Å²) in [6.45, 7) is 1.57. The molecule has 1 amide bonds. The predicted molar refractivity (Wildman–Crippen MR) is 110 cm³/mol. The number of piperidine rings is 1. The molecule has 0 saturated carbocycles. The van der Waals surface area contributed by atoms with Gasteiger partial charge in [0.2, 0.25) is 0 Å². The van der Waals surface area contributed by atoms with E-state index in [-0.39, 0.29) is 5.91 Å². The maximum Gasteiger partial charge on any atom is 0.253 e. The first-order chi connectivity index (χ1) is 13.8. The standard InChI is InChI=1S/C23H22N4O/c28-23(18-5-7-19(8-6-18)26-12-1-2-13-26)27-14-9-17(10-15-27)21-16-25-22-20(21)4-3-11-24-22/h1-8,11-13,16-17H,9-10,14-15H2,(H,24,25). The lowest BCUT2D eigenvalue weighted by molar-refractivity contribution is 0.0713. The Kier molecular flexibility index (Phi) is 4.20. The molecular formula is C23H22N4O. The highest BCUT2D eigenvalue weighted by atomic mass is 16.2. The lowest BCUT2D eigenvalue weighted by atomic mass is 9.89. The zero-order valence-electron chi connectivity index (χ0n) is 15.6. The summed E-state index contributed by atoms with van der Waals surface area (Å²) in [5, 5.41) is 1.20. The van der Waals surface area contributed by atoms with Crippen LogP contribution in [0.15, 0.2) is 73.3 Å². The average Bonchev–Trinajstić information content (AvgIpc) is 3.44. The Morgan fingerprint density at radius 1 is 1.00 bits per heavy atom. The largest absolute Gasteiger partial charge is 0.346 e. The minimum atomic E-state index is 0.123. The molecule has 0 unspecified atom stereocenters. The van der Waals surface area contributed by atoms with Crippen LogP contribution in [0, 0.1) is 0 Å². The van der Waals surface area contributed by atoms with E-state index in [0.29, 0.717) is 5.92 Å². The first-order valence-electron chi connectivity index (χ1n) is 9.74. The summed E-state index contributed by atoms with van der Waals surface area (Å²) >= 11 is 0. The number of aromatic nitrogens is 3. The number of amides is 1. The highest BCUT2D eigenvalue weighted by Gasteiger charge is 2.26. The minimum absolute atomic E-state index is 0.123. The molecule has 5 nitrogen and oxygen atoms in total. The van der Waals surface area contributed by atoms with Crippen LogP contribution in [-0.2, 0) is 0 Å². The molecule has 5 heteroatoms. The second-order valence-electron chi connectivity index (χ2n) is 7.35. The van der Waals surface area contributed by atoms with Crippen molar-refractivity contribution in [2.75, 3.05) is 13.1 Å². The van der Waals surface area contributed by atoms with Crippen molar-refractivity contribution in [3.8, 4) is 5.69 Å². The van der Waals surface area contributed by atoms with Crippen molar-refractivity contribution in [1.82, 2.24) is 19.4 Å². The number of hydrogen-bond acceptors (Lipinski definition) is 2. The number of carbonyl (C=O) groups excluding carboxylic acids is 1. The third kappa shape index (κ3) is 2.99. The van der Waals surface area contributed by atoms with Crippen LogP contribution in [0.3, 0.4) is 0 Å². The second kappa shape index (κ2) is 7.00. The molecular weight excluding hydrogens is 348 g/mol. The van der Waals surface area contributed by atoms with Crippen molar-refractivity contribution >= 4 is 16.9 Å². The van der Waals surface area contributed by atoms with Crippen molar-refractivity contribution < 1.29 is 4.79 Å². The van der Waals surface area contributed by atoms with E-state index in [2.05, 4.69) is 22.2 Å². The first-order valence-corrected chi connectivity index (χ1v) is 9.74. The van der Waals surface area contributed by atoms with Gasteiger partial charge in [-0.2, -0.15) is 0 Å². The van der Waals surface area contributed by atoms with E-state index in [0.717, 1.165) is 42.8 Å². The van der Waals surface area contributed by atoms with Crippen molar-refractivity contribution in [1.29, 1.82) is 0 Å². The Morgan fingerprint density at radius 3 is 2.50 bits per heavy atom. The topological polar surface area (TPSA) is 53.9 Å². The van der Waals surface area contributed by atoms with Gasteiger partial charge in [0.25, 0.3) is 5.91 Å². The maximum absolute atomic E-state index is 12.9. The van der Waals surface area contributed by atoms with E-state index in [1.165, 1.54) is 10.9 Å². The molecule has 5 rings (SSSR count). The van der Waals surface area contributed by atoms with E-state index in [1.807, 2.05) is 70.5 Å². The molecule has 0 aliphatic carbocycles. The van der Waals surface area contributed by atoms with Crippen molar-refractivity contribution in [2.45, 2.75) is 18.8 Å². The molecule has 4 heterocycles. The number of rotatable bonds is 3. The van der Waals surface area contributed by atoms with Gasteiger partial charge >= 0.3 is 0 Å². The van der Waals surface area contributed by atoms with Crippen LogP contribution in [0.1, 0.15) is 34.7 Å². The third-order valence-corrected chi connectivity index (χ3v) is 5.72. The molecule has 0 bridgehead atoms. The maximum atomic E-state index is 12.9. The van der Waals surface area contributed by atoms with Gasteiger partial charge in [-0.3, -0.25) is 4.79 Å². The van der Waals surface area contributed by atoms with Crippen LogP contribution in [0.5, 0.6) is 0 Å². The molecule has 1 saturated heterocycles. The Morgan fingerprint density at radius 2 is 1.75 bits per heavy atom. The van der Waals surface area contributed by atoms with Gasteiger partial charge in [0.15, 0.2) is 0 Å². The predicted octanol–water partition coefficient (Wildman–Crippen LogP) is 4.37. The van der Waals surface area contributed by atoms with Crippen LogP contribution in [0.25, 0.3) is 16.7 Å². The number of aromatic amines is 1. The number of likely N-dealkylation sites (tertiary alicyclic amines) is 1. The smallest absolute Gasteiger partial charge is 0.253 e. The van der Waals surface area contributed by atoms with Gasteiger partial charge in [-0.25, -0.2) is 4.98 Å². The normalized spacial score (nSPS) is 15.2. The lowest BCUT2D eigenvalue weighted by Crippen LogP contribution is -2.37. The zero-order valence-corrected chi connectivity index (χ0v) is 15.6. The molecule has 3 aromatic heterocycles. The summed E-state index contributed by atoms with van der Waals surface area (Å²) in [7, 11) is 0. The Balaban J connectivity index is 1.27. The van der Waals surface area contributed by atoms with Crippen LogP contribution in [0.2, 0.25) is 0 Å². The van der Waals surface area contributed by atoms with Crippen molar-refractivity contribution in [3.05, 3.63) is 84.4 Å². The SMILES string of the molecule is O=C(c1ccc(-n2cccc2)cc1)N1CCC(c2c[nH]c3ncccc23)CC1. The molecule has 1 N–H and O–H groups in total. The molecule has 140 valence electrons. The van der Waals surface area contributed by atoms with Gasteiger partial charge in [-0.05, 0) is 72.9 Å². The summed E-state index contributed by atoms with van der Waals surface area (Å²) in [4.78, 5) is 22.5. The van der Waals surface area contributed by atoms with Crippen LogP contribution >= 0.6 is 0 Å². The van der Waals surface area contributed by atoms with Gasteiger partial charge in [-0.15, -0.1) is 0 Å². The summed E-state index contributed by atoms with van der Waals surface area (Å²) in [6.07, 6.45) is 9.86. The van der Waals surface area contributed by atoms with Crippen molar-refractivity contribution in [2.24, 2.45) is 0 Å². The molecule has 1 fully saturated rings. The van der Waals surface area contributed by atoms with E-state index in [9.17, 15) is 4.79 Å². The molecule has 0 spiro atoms. The number of nitrogens with zero attached hydrogens (tertiary/aromatic N) is 3. The van der Waals surface area contributed by atoms with E-state index in [1.54, 1.807) is 0 Å². The second-order valence-corrected chi connectivity index (χ2v) is 7.35. The van der Waals surface area contributed by atoms with Gasteiger partial charge in [0.1, 0.15) is 5.65 Å². The molecule has 0 atom stereocenters. The number of fused-ring (bicyclic) bond motifs is 1. The Bertz CT molecular complexity index is 1090. The van der Waals surface area contributed by atoms with Gasteiger partial charge in [0, 0.05) is 54.5 Å². The summed E-state index contributed by atoms with van der Waals surface area (Å²) < 4.78 is 2.04. The van der Waals surface area contributed by atoms with E-state index < -0.39 is 0 Å². The number of carbonyl (C=O) groups is 1. The van der Waals surface area contributed by atoms with Crippen LogP contribution in [-0.4, -0.2) is 38.4 Å². The summed E-state index contributed by atoms with van der Waals surface area (Å²) in [5.41, 5.74) is 4.09. The zero-order chi connectivity index (χ0) is 18.9. The lowest BCUT2D eigenvalue weighted by Gasteiger charge is -2.32. The molecule has 0 radical (unpaired) electrons. The first kappa shape index (κ1) is 16.8. The number of hydrogen-bond donors (Lipinski definition) is 1. The van der Waals surface area contributed by atoms with Crippen LogP contribution < -0.4 is 0 Å². The van der Waals surface area contributed by atoms with Gasteiger partial charge in [0.05, 0.1) is 0 Å². The molecule has 1 aliphatic rings. The molecule has 28 heavy (non-hydrogen) atoms. The number of pyridine rings is 1. The Labute approximate surface area is 163 Å². The fourth-order valence-corrected chi connectivity index (χ4v) is 4.17. The number of benzene rings is 1. The quantitative estimate of drug-likeness (QED) is 0.582. The summed E-state index contributed by atoms with van der Waals surface area (Å²) in [5.74, 6) is 0.594. The molecule has 4 aromatic rings. The fraction of sp³-hybridized carbons (Fsp3) is 0.217. The monoisotopic (exact) mass is 370 g/mol. The van der Waals surface area contributed by atoms with Crippen LogP contribution in [0.4, 0.5) is 0 Å². The average molecular weight is 370 g/mol. The number of nitrogens with one attached hydrogen (secondary N) is 1. The highest BCUT2D eigenvalue weighted by Crippen LogP contribution is 2.33. The van der Waals surface area contributed by atoms with Gasteiger partial charge < -0.3 is 14.5 Å². The number of H-pyrrole nitrogens is 1. The molecule has 1 aromatic carbocycles. The van der Waals surface area contributed by atoms with E-state index in [4.69, 9.17) is 0 Å². The van der Waals surface area contributed by atoms with Gasteiger partial charge in [-0.1, -0.05) is 0 Å². The van der Waals surface area contributed by atoms with E-state index >= 15 is 0 Å². The minimum Gasteiger partial charge on any atom is -0.346 e.